The SMILES string of the molecule is Cc1ccc(CCN(C)CS)c(C)c1. The zero-order chi connectivity index (χ0) is 10.6. The van der Waals surface area contributed by atoms with E-state index in [4.69, 9.17) is 0 Å². The van der Waals surface area contributed by atoms with Crippen molar-refractivity contribution >= 4 is 12.6 Å². The molecule has 1 aromatic rings. The van der Waals surface area contributed by atoms with Crippen molar-refractivity contribution in [2.24, 2.45) is 0 Å². The van der Waals surface area contributed by atoms with Gasteiger partial charge in [0.25, 0.3) is 0 Å². The molecular formula is C12H19NS. The van der Waals surface area contributed by atoms with Crippen molar-refractivity contribution in [3.05, 3.63) is 34.9 Å². The highest BCUT2D eigenvalue weighted by atomic mass is 32.1. The topological polar surface area (TPSA) is 3.24 Å². The van der Waals surface area contributed by atoms with E-state index >= 15 is 0 Å². The summed E-state index contributed by atoms with van der Waals surface area (Å²) in [6.07, 6.45) is 1.11. The van der Waals surface area contributed by atoms with Crippen LogP contribution in [0.1, 0.15) is 16.7 Å². The fraction of sp³-hybridized carbons (Fsp3) is 0.500. The van der Waals surface area contributed by atoms with Crippen molar-refractivity contribution in [1.29, 1.82) is 0 Å². The van der Waals surface area contributed by atoms with E-state index in [0.717, 1.165) is 18.8 Å². The maximum atomic E-state index is 4.23. The number of hydrogen-bond acceptors (Lipinski definition) is 2. The van der Waals surface area contributed by atoms with Crippen molar-refractivity contribution in [2.75, 3.05) is 19.5 Å². The second-order valence-corrected chi connectivity index (χ2v) is 4.18. The van der Waals surface area contributed by atoms with Crippen molar-refractivity contribution in [1.82, 2.24) is 4.90 Å². The first-order valence-corrected chi connectivity index (χ1v) is 5.62. The van der Waals surface area contributed by atoms with Crippen LogP contribution in [0, 0.1) is 13.8 Å². The fourth-order valence-corrected chi connectivity index (χ4v) is 1.65. The van der Waals surface area contributed by atoms with Crippen LogP contribution in [0.3, 0.4) is 0 Å². The number of nitrogens with zero attached hydrogens (tertiary/aromatic N) is 1. The number of rotatable bonds is 4. The molecule has 1 aromatic carbocycles. The monoisotopic (exact) mass is 209 g/mol. The molecule has 0 amide bonds. The third kappa shape index (κ3) is 3.35. The Balaban J connectivity index is 2.59. The molecule has 0 saturated heterocycles. The third-order valence-electron chi connectivity index (χ3n) is 2.50. The minimum absolute atomic E-state index is 0.824. The van der Waals surface area contributed by atoms with Crippen LogP contribution in [0.4, 0.5) is 0 Å². The van der Waals surface area contributed by atoms with Gasteiger partial charge in [0, 0.05) is 12.4 Å². The largest absolute Gasteiger partial charge is 0.297 e. The number of benzene rings is 1. The van der Waals surface area contributed by atoms with E-state index in [1.807, 2.05) is 0 Å². The maximum Gasteiger partial charge on any atom is 0.0411 e. The molecule has 0 aliphatic heterocycles. The Hall–Kier alpha value is -0.470. The molecule has 0 unspecified atom stereocenters. The summed E-state index contributed by atoms with van der Waals surface area (Å²) in [5.41, 5.74) is 4.19. The fourth-order valence-electron chi connectivity index (χ4n) is 1.51. The zero-order valence-corrected chi connectivity index (χ0v) is 10.1. The van der Waals surface area contributed by atoms with Crippen molar-refractivity contribution in [3.63, 3.8) is 0 Å². The van der Waals surface area contributed by atoms with Crippen LogP contribution in [-0.2, 0) is 6.42 Å². The number of likely N-dealkylation sites (N-methyl/N-ethyl adjacent to an activating group) is 1. The van der Waals surface area contributed by atoms with Gasteiger partial charge in [-0.05, 0) is 38.4 Å². The van der Waals surface area contributed by atoms with Crippen molar-refractivity contribution in [3.8, 4) is 0 Å². The molecule has 0 N–H and O–H groups in total. The van der Waals surface area contributed by atoms with Crippen LogP contribution in [0.5, 0.6) is 0 Å². The van der Waals surface area contributed by atoms with Gasteiger partial charge in [-0.15, -0.1) is 0 Å². The molecule has 0 saturated carbocycles. The highest BCUT2D eigenvalue weighted by Crippen LogP contribution is 2.11. The van der Waals surface area contributed by atoms with Gasteiger partial charge in [-0.2, -0.15) is 12.6 Å². The van der Waals surface area contributed by atoms with Gasteiger partial charge >= 0.3 is 0 Å². The molecule has 0 heterocycles. The average molecular weight is 209 g/mol. The summed E-state index contributed by atoms with van der Waals surface area (Å²) < 4.78 is 0. The summed E-state index contributed by atoms with van der Waals surface area (Å²) >= 11 is 4.23. The molecule has 0 radical (unpaired) electrons. The van der Waals surface area contributed by atoms with E-state index in [0.29, 0.717) is 0 Å². The Labute approximate surface area is 92.5 Å². The summed E-state index contributed by atoms with van der Waals surface area (Å²) in [7, 11) is 2.09. The van der Waals surface area contributed by atoms with Crippen LogP contribution >= 0.6 is 12.6 Å². The van der Waals surface area contributed by atoms with E-state index in [9.17, 15) is 0 Å². The number of thiol groups is 1. The molecule has 78 valence electrons. The summed E-state index contributed by atoms with van der Waals surface area (Å²) in [5.74, 6) is 0.824. The van der Waals surface area contributed by atoms with Gasteiger partial charge in [0.1, 0.15) is 0 Å². The molecule has 0 aliphatic carbocycles. The first kappa shape index (κ1) is 11.6. The summed E-state index contributed by atoms with van der Waals surface area (Å²) in [4.78, 5) is 2.21. The lowest BCUT2D eigenvalue weighted by Crippen LogP contribution is -2.19. The van der Waals surface area contributed by atoms with Gasteiger partial charge in [-0.3, -0.25) is 4.90 Å². The van der Waals surface area contributed by atoms with Crippen LogP contribution in [0.2, 0.25) is 0 Å². The molecule has 0 aromatic heterocycles. The second kappa shape index (κ2) is 5.42. The molecule has 0 bridgehead atoms. The Morgan fingerprint density at radius 2 is 2.00 bits per heavy atom. The first-order chi connectivity index (χ1) is 6.63. The predicted molar refractivity (Wildman–Crippen MR) is 66.1 cm³/mol. The molecule has 1 nitrogen and oxygen atoms in total. The predicted octanol–water partition coefficient (Wildman–Crippen LogP) is 2.67. The smallest absolute Gasteiger partial charge is 0.0411 e. The van der Waals surface area contributed by atoms with Gasteiger partial charge in [-0.25, -0.2) is 0 Å². The minimum atomic E-state index is 0.824. The normalized spacial score (nSPS) is 10.9. The summed E-state index contributed by atoms with van der Waals surface area (Å²) in [6, 6.07) is 6.66. The molecule has 2 heteroatoms. The van der Waals surface area contributed by atoms with Crippen LogP contribution in [-0.4, -0.2) is 24.4 Å². The maximum absolute atomic E-state index is 4.23. The standard InChI is InChI=1S/C12H19NS/c1-10-4-5-12(11(2)8-10)6-7-13(3)9-14/h4-5,8,14H,6-7,9H2,1-3H3. The second-order valence-electron chi connectivity index (χ2n) is 3.90. The molecule has 0 aliphatic rings. The number of hydrogen-bond donors (Lipinski definition) is 1. The highest BCUT2D eigenvalue weighted by Gasteiger charge is 2.00. The van der Waals surface area contributed by atoms with Gasteiger partial charge in [0.15, 0.2) is 0 Å². The lowest BCUT2D eigenvalue weighted by atomic mass is 10.0. The van der Waals surface area contributed by atoms with Crippen LogP contribution < -0.4 is 0 Å². The van der Waals surface area contributed by atoms with Crippen molar-refractivity contribution in [2.45, 2.75) is 20.3 Å². The Bertz CT molecular complexity index is 296. The van der Waals surface area contributed by atoms with Gasteiger partial charge in [-0.1, -0.05) is 23.8 Å². The summed E-state index contributed by atoms with van der Waals surface area (Å²) in [6.45, 7) is 5.40. The molecule has 0 spiro atoms. The van der Waals surface area contributed by atoms with E-state index in [-0.39, 0.29) is 0 Å². The molecule has 1 rings (SSSR count). The Morgan fingerprint density at radius 1 is 1.29 bits per heavy atom. The van der Waals surface area contributed by atoms with E-state index in [1.54, 1.807) is 0 Å². The van der Waals surface area contributed by atoms with E-state index < -0.39 is 0 Å². The quantitative estimate of drug-likeness (QED) is 0.589. The molecule has 14 heavy (non-hydrogen) atoms. The van der Waals surface area contributed by atoms with E-state index in [1.165, 1.54) is 16.7 Å². The minimum Gasteiger partial charge on any atom is -0.297 e. The Morgan fingerprint density at radius 3 is 2.57 bits per heavy atom. The lowest BCUT2D eigenvalue weighted by molar-refractivity contribution is 0.399. The Kier molecular flexibility index (Phi) is 4.49. The van der Waals surface area contributed by atoms with E-state index in [2.05, 4.69) is 56.6 Å². The van der Waals surface area contributed by atoms with Gasteiger partial charge in [0.2, 0.25) is 0 Å². The third-order valence-corrected chi connectivity index (χ3v) is 2.99. The lowest BCUT2D eigenvalue weighted by Gasteiger charge is -2.14. The van der Waals surface area contributed by atoms with Crippen molar-refractivity contribution < 1.29 is 0 Å². The van der Waals surface area contributed by atoms with Gasteiger partial charge < -0.3 is 0 Å². The zero-order valence-electron chi connectivity index (χ0n) is 9.25. The highest BCUT2D eigenvalue weighted by molar-refractivity contribution is 7.80. The molecular weight excluding hydrogens is 190 g/mol. The van der Waals surface area contributed by atoms with Crippen LogP contribution in [0.15, 0.2) is 18.2 Å². The van der Waals surface area contributed by atoms with Gasteiger partial charge in [0.05, 0.1) is 0 Å². The summed E-state index contributed by atoms with van der Waals surface area (Å²) in [5, 5.41) is 0. The van der Waals surface area contributed by atoms with Crippen LogP contribution in [0.25, 0.3) is 0 Å². The first-order valence-electron chi connectivity index (χ1n) is 4.99. The number of aryl methyl sites for hydroxylation is 2. The molecule has 0 fully saturated rings. The average Bonchev–Trinajstić information content (AvgIpc) is 2.16. The molecule has 0 atom stereocenters.